The summed E-state index contributed by atoms with van der Waals surface area (Å²) in [6.45, 7) is 2.18. The van der Waals surface area contributed by atoms with Crippen molar-refractivity contribution in [2.24, 2.45) is 0 Å². The quantitative estimate of drug-likeness (QED) is 0.788. The second-order valence-electron chi connectivity index (χ2n) is 5.03. The molecule has 0 spiro atoms. The second kappa shape index (κ2) is 5.94. The first-order valence-corrected chi connectivity index (χ1v) is 6.97. The largest absolute Gasteiger partial charge is 0.488 e. The lowest BCUT2D eigenvalue weighted by molar-refractivity contribution is 0.191. The minimum absolute atomic E-state index is 0.432. The summed E-state index contributed by atoms with van der Waals surface area (Å²) in [5, 5.41) is 12.1. The Kier molecular flexibility index (Phi) is 3.84. The molecule has 2 aromatic carbocycles. The third-order valence-corrected chi connectivity index (χ3v) is 3.47. The fraction of sp³-hybridized carbons (Fsp3) is 0.167. The molecule has 0 bridgehead atoms. The molecule has 3 nitrogen and oxygen atoms in total. The average Bonchev–Trinajstić information content (AvgIpc) is 2.53. The summed E-state index contributed by atoms with van der Waals surface area (Å²) in [4.78, 5) is 4.09. The highest BCUT2D eigenvalue weighted by atomic mass is 16.5. The Morgan fingerprint density at radius 2 is 1.95 bits per heavy atom. The molecule has 0 aliphatic rings. The zero-order valence-electron chi connectivity index (χ0n) is 11.9. The van der Waals surface area contributed by atoms with E-state index in [-0.39, 0.29) is 0 Å². The van der Waals surface area contributed by atoms with Crippen LogP contribution in [0.5, 0.6) is 5.75 Å². The van der Waals surface area contributed by atoms with Gasteiger partial charge in [0.2, 0.25) is 0 Å². The number of hydrogen-bond acceptors (Lipinski definition) is 3. The molecule has 0 aliphatic heterocycles. The van der Waals surface area contributed by atoms with Crippen molar-refractivity contribution in [2.75, 3.05) is 0 Å². The van der Waals surface area contributed by atoms with E-state index in [0.29, 0.717) is 6.61 Å². The van der Waals surface area contributed by atoms with Crippen molar-refractivity contribution in [2.45, 2.75) is 19.6 Å². The van der Waals surface area contributed by atoms with Crippen LogP contribution in [0.2, 0.25) is 0 Å². The van der Waals surface area contributed by atoms with Crippen molar-refractivity contribution in [3.05, 3.63) is 72.1 Å². The summed E-state index contributed by atoms with van der Waals surface area (Å²) in [6.07, 6.45) is 2.95. The standard InChI is InChI=1S/C18H17NO2/c1-13(20)16-9-8-15-6-2-3-7-17(15)18(16)21-12-14-5-4-10-19-11-14/h2-11,13,20H,12H2,1H3/t13-/m0/s1. The molecule has 0 saturated carbocycles. The molecule has 21 heavy (non-hydrogen) atoms. The molecule has 1 atom stereocenters. The molecule has 3 aromatic rings. The molecule has 0 saturated heterocycles. The molecule has 0 unspecified atom stereocenters. The van der Waals surface area contributed by atoms with E-state index < -0.39 is 6.10 Å². The van der Waals surface area contributed by atoms with Crippen LogP contribution in [0, 0.1) is 0 Å². The lowest BCUT2D eigenvalue weighted by Crippen LogP contribution is -2.02. The molecule has 1 N–H and O–H groups in total. The number of aliphatic hydroxyl groups is 1. The van der Waals surface area contributed by atoms with Crippen LogP contribution < -0.4 is 4.74 Å². The molecular weight excluding hydrogens is 262 g/mol. The number of hydrogen-bond donors (Lipinski definition) is 1. The van der Waals surface area contributed by atoms with E-state index in [0.717, 1.165) is 27.6 Å². The van der Waals surface area contributed by atoms with E-state index >= 15 is 0 Å². The summed E-state index contributed by atoms with van der Waals surface area (Å²) in [6, 6.07) is 15.8. The van der Waals surface area contributed by atoms with Gasteiger partial charge in [-0.25, -0.2) is 0 Å². The molecule has 0 radical (unpaired) electrons. The topological polar surface area (TPSA) is 42.4 Å². The van der Waals surface area contributed by atoms with Gasteiger partial charge in [0.25, 0.3) is 0 Å². The maximum atomic E-state index is 9.97. The highest BCUT2D eigenvalue weighted by Gasteiger charge is 2.13. The first kappa shape index (κ1) is 13.6. The molecule has 1 heterocycles. The first-order valence-electron chi connectivity index (χ1n) is 6.97. The molecule has 3 heteroatoms. The predicted molar refractivity (Wildman–Crippen MR) is 83.2 cm³/mol. The van der Waals surface area contributed by atoms with Crippen LogP contribution in [0.3, 0.4) is 0 Å². The Hall–Kier alpha value is -2.39. The molecule has 0 aliphatic carbocycles. The summed E-state index contributed by atoms with van der Waals surface area (Å²) >= 11 is 0. The Balaban J connectivity index is 2.00. The number of fused-ring (bicyclic) bond motifs is 1. The average molecular weight is 279 g/mol. The lowest BCUT2D eigenvalue weighted by atomic mass is 10.0. The minimum Gasteiger partial charge on any atom is -0.488 e. The van der Waals surface area contributed by atoms with E-state index in [1.54, 1.807) is 19.3 Å². The molecular formula is C18H17NO2. The fourth-order valence-electron chi connectivity index (χ4n) is 2.39. The van der Waals surface area contributed by atoms with Crippen molar-refractivity contribution in [3.8, 4) is 5.75 Å². The Bertz CT molecular complexity index is 739. The van der Waals surface area contributed by atoms with Gasteiger partial charge < -0.3 is 9.84 Å². The number of benzene rings is 2. The van der Waals surface area contributed by atoms with Crippen LogP contribution in [0.1, 0.15) is 24.2 Å². The maximum Gasteiger partial charge on any atom is 0.133 e. The van der Waals surface area contributed by atoms with Gasteiger partial charge >= 0.3 is 0 Å². The van der Waals surface area contributed by atoms with Crippen LogP contribution in [-0.4, -0.2) is 10.1 Å². The molecule has 106 valence electrons. The molecule has 3 rings (SSSR count). The second-order valence-corrected chi connectivity index (χ2v) is 5.03. The SMILES string of the molecule is C[C@H](O)c1ccc2ccccc2c1OCc1cccnc1. The van der Waals surface area contributed by atoms with Crippen LogP contribution in [0.15, 0.2) is 60.9 Å². The summed E-state index contributed by atoms with van der Waals surface area (Å²) in [5.41, 5.74) is 1.81. The zero-order valence-corrected chi connectivity index (χ0v) is 11.9. The van der Waals surface area contributed by atoms with Gasteiger partial charge in [0.1, 0.15) is 12.4 Å². The summed E-state index contributed by atoms with van der Waals surface area (Å²) in [7, 11) is 0. The van der Waals surface area contributed by atoms with Crippen molar-refractivity contribution >= 4 is 10.8 Å². The number of ether oxygens (including phenoxy) is 1. The van der Waals surface area contributed by atoms with Gasteiger partial charge in [-0.2, -0.15) is 0 Å². The van der Waals surface area contributed by atoms with Crippen LogP contribution in [0.25, 0.3) is 10.8 Å². The third-order valence-electron chi connectivity index (χ3n) is 3.47. The van der Waals surface area contributed by atoms with Gasteiger partial charge in [-0.3, -0.25) is 4.98 Å². The number of pyridine rings is 1. The zero-order chi connectivity index (χ0) is 14.7. The number of aromatic nitrogens is 1. The first-order chi connectivity index (χ1) is 10.3. The molecule has 0 fully saturated rings. The van der Waals surface area contributed by atoms with E-state index in [9.17, 15) is 5.11 Å². The van der Waals surface area contributed by atoms with E-state index in [1.165, 1.54) is 0 Å². The van der Waals surface area contributed by atoms with Gasteiger partial charge in [-0.1, -0.05) is 42.5 Å². The summed E-state index contributed by atoms with van der Waals surface area (Å²) < 4.78 is 6.00. The lowest BCUT2D eigenvalue weighted by Gasteiger charge is -2.16. The number of rotatable bonds is 4. The van der Waals surface area contributed by atoms with Crippen molar-refractivity contribution < 1.29 is 9.84 Å². The Morgan fingerprint density at radius 3 is 2.71 bits per heavy atom. The van der Waals surface area contributed by atoms with Crippen LogP contribution >= 0.6 is 0 Å². The van der Waals surface area contributed by atoms with E-state index in [4.69, 9.17) is 4.74 Å². The Morgan fingerprint density at radius 1 is 1.10 bits per heavy atom. The third kappa shape index (κ3) is 2.88. The van der Waals surface area contributed by atoms with Gasteiger partial charge in [-0.05, 0) is 18.4 Å². The van der Waals surface area contributed by atoms with Gasteiger partial charge in [0, 0.05) is 28.9 Å². The van der Waals surface area contributed by atoms with E-state index in [2.05, 4.69) is 4.98 Å². The minimum atomic E-state index is -0.571. The smallest absolute Gasteiger partial charge is 0.133 e. The van der Waals surface area contributed by atoms with E-state index in [1.807, 2.05) is 48.5 Å². The van der Waals surface area contributed by atoms with Gasteiger partial charge in [-0.15, -0.1) is 0 Å². The highest BCUT2D eigenvalue weighted by molar-refractivity contribution is 5.89. The number of nitrogens with zero attached hydrogens (tertiary/aromatic N) is 1. The van der Waals surface area contributed by atoms with Crippen LogP contribution in [0.4, 0.5) is 0 Å². The van der Waals surface area contributed by atoms with Crippen molar-refractivity contribution in [1.82, 2.24) is 4.98 Å². The Labute approximate surface area is 123 Å². The molecule has 0 amide bonds. The van der Waals surface area contributed by atoms with Gasteiger partial charge in [0.05, 0.1) is 6.10 Å². The highest BCUT2D eigenvalue weighted by Crippen LogP contribution is 2.34. The van der Waals surface area contributed by atoms with Gasteiger partial charge in [0.15, 0.2) is 0 Å². The maximum absolute atomic E-state index is 9.97. The fourth-order valence-corrected chi connectivity index (χ4v) is 2.39. The van der Waals surface area contributed by atoms with Crippen LogP contribution in [-0.2, 0) is 6.61 Å². The van der Waals surface area contributed by atoms with Crippen molar-refractivity contribution in [1.29, 1.82) is 0 Å². The normalized spacial score (nSPS) is 12.3. The number of aliphatic hydroxyl groups excluding tert-OH is 1. The predicted octanol–water partition coefficient (Wildman–Crippen LogP) is 3.87. The van der Waals surface area contributed by atoms with Crippen molar-refractivity contribution in [3.63, 3.8) is 0 Å². The monoisotopic (exact) mass is 279 g/mol. The summed E-state index contributed by atoms with van der Waals surface area (Å²) in [5.74, 6) is 0.743. The molecule has 1 aromatic heterocycles.